The Morgan fingerprint density at radius 2 is 1.53 bits per heavy atom. The van der Waals surface area contributed by atoms with Crippen molar-refractivity contribution in [1.29, 1.82) is 0 Å². The molecule has 0 aliphatic rings. The van der Waals surface area contributed by atoms with Crippen LogP contribution < -0.4 is 5.69 Å². The predicted molar refractivity (Wildman–Crippen MR) is 71.6 cm³/mol. The van der Waals surface area contributed by atoms with Gasteiger partial charge in [0.05, 0.1) is 5.69 Å². The van der Waals surface area contributed by atoms with Gasteiger partial charge in [0.2, 0.25) is 0 Å². The molecule has 1 heterocycles. The zero-order chi connectivity index (χ0) is 12.6. The van der Waals surface area contributed by atoms with Crippen LogP contribution in [0.3, 0.4) is 0 Å². The van der Waals surface area contributed by atoms with E-state index in [-0.39, 0.29) is 5.69 Å². The summed E-state index contributed by atoms with van der Waals surface area (Å²) in [6.07, 6.45) is 0. The second-order valence-electron chi connectivity index (χ2n) is 3.64. The number of aromatic nitrogens is 3. The Morgan fingerprint density at radius 1 is 0.941 bits per heavy atom. The molecule has 0 unspecified atom stereocenters. The fraction of sp³-hybridized carbons (Fsp3) is 0.182. The van der Waals surface area contributed by atoms with Crippen LogP contribution in [0.1, 0.15) is 0 Å². The normalized spacial score (nSPS) is 10.5. The first-order valence-corrected chi connectivity index (χ1v) is 5.80. The summed E-state index contributed by atoms with van der Waals surface area (Å²) in [4.78, 5) is 12.1. The summed E-state index contributed by atoms with van der Waals surface area (Å²) in [5, 5.41) is 0. The summed E-state index contributed by atoms with van der Waals surface area (Å²) < 4.78 is 5.30. The number of benzene rings is 1. The highest BCUT2D eigenvalue weighted by Crippen LogP contribution is 2.04. The van der Waals surface area contributed by atoms with Gasteiger partial charge in [0.1, 0.15) is 0 Å². The minimum Gasteiger partial charge on any atom is -0.298 e. The molecule has 0 N–H and O–H groups in total. The lowest BCUT2D eigenvalue weighted by Crippen LogP contribution is -2.32. The minimum absolute atomic E-state index is 0.232. The molecule has 0 saturated heterocycles. The van der Waals surface area contributed by atoms with E-state index in [0.29, 0.717) is 9.54 Å². The highest BCUT2D eigenvalue weighted by atomic mass is 32.1. The van der Waals surface area contributed by atoms with E-state index in [1.54, 1.807) is 18.7 Å². The van der Waals surface area contributed by atoms with Gasteiger partial charge >= 0.3 is 5.69 Å². The average molecular weight is 265 g/mol. The summed E-state index contributed by atoms with van der Waals surface area (Å²) >= 11 is 10.4. The van der Waals surface area contributed by atoms with Crippen molar-refractivity contribution in [1.82, 2.24) is 13.7 Å². The Morgan fingerprint density at radius 3 is 2.12 bits per heavy atom. The molecule has 17 heavy (non-hydrogen) atoms. The number of hydrogen-bond donors (Lipinski definition) is 0. The largest absolute Gasteiger partial charge is 0.336 e. The van der Waals surface area contributed by atoms with E-state index >= 15 is 0 Å². The van der Waals surface area contributed by atoms with E-state index in [2.05, 4.69) is 0 Å². The number of para-hydroxylation sites is 1. The standard InChI is InChI=1S/C11H11N3OS2/c1-12-9(15)14(8-6-4-3-5-7-8)11(17)13(2)10(12)16/h3-7H,1-2H3. The third-order valence-corrected chi connectivity index (χ3v) is 3.55. The lowest BCUT2D eigenvalue weighted by Gasteiger charge is -2.11. The van der Waals surface area contributed by atoms with E-state index in [9.17, 15) is 4.79 Å². The molecule has 1 aromatic carbocycles. The van der Waals surface area contributed by atoms with E-state index in [1.165, 1.54) is 9.13 Å². The molecule has 6 heteroatoms. The van der Waals surface area contributed by atoms with Crippen LogP contribution in [0.5, 0.6) is 0 Å². The average Bonchev–Trinajstić information content (AvgIpc) is 2.36. The summed E-state index contributed by atoms with van der Waals surface area (Å²) in [6, 6.07) is 9.27. The zero-order valence-corrected chi connectivity index (χ0v) is 11.1. The van der Waals surface area contributed by atoms with Crippen molar-refractivity contribution >= 4 is 24.4 Å². The fourth-order valence-electron chi connectivity index (χ4n) is 1.57. The SMILES string of the molecule is Cn1c(=S)n(C)c(=S)n(-c2ccccc2)c1=O. The van der Waals surface area contributed by atoms with Crippen LogP contribution >= 0.6 is 24.4 Å². The molecule has 4 nitrogen and oxygen atoms in total. The van der Waals surface area contributed by atoms with Crippen LogP contribution in [-0.4, -0.2) is 13.7 Å². The summed E-state index contributed by atoms with van der Waals surface area (Å²) in [6.45, 7) is 0. The summed E-state index contributed by atoms with van der Waals surface area (Å²) in [5.41, 5.74) is 0.507. The van der Waals surface area contributed by atoms with Crippen LogP contribution in [0.25, 0.3) is 5.69 Å². The molecule has 0 amide bonds. The summed E-state index contributed by atoms with van der Waals surface area (Å²) in [7, 11) is 3.39. The van der Waals surface area contributed by atoms with Gasteiger partial charge in [-0.15, -0.1) is 0 Å². The van der Waals surface area contributed by atoms with Gasteiger partial charge in [-0.2, -0.15) is 0 Å². The van der Waals surface area contributed by atoms with E-state index in [0.717, 1.165) is 5.69 Å². The molecular formula is C11H11N3OS2. The molecule has 0 aliphatic heterocycles. The first kappa shape index (κ1) is 11.9. The molecule has 0 atom stereocenters. The monoisotopic (exact) mass is 265 g/mol. The van der Waals surface area contributed by atoms with Crippen molar-refractivity contribution in [3.63, 3.8) is 0 Å². The summed E-state index contributed by atoms with van der Waals surface area (Å²) in [5.74, 6) is 0. The Kier molecular flexibility index (Phi) is 3.08. The molecule has 2 aromatic rings. The maximum Gasteiger partial charge on any atom is 0.336 e. The van der Waals surface area contributed by atoms with Crippen molar-refractivity contribution in [2.45, 2.75) is 0 Å². The van der Waals surface area contributed by atoms with Crippen molar-refractivity contribution in [2.75, 3.05) is 0 Å². The second kappa shape index (κ2) is 4.38. The van der Waals surface area contributed by atoms with Crippen LogP contribution in [0.15, 0.2) is 35.1 Å². The molecule has 0 fully saturated rings. The van der Waals surface area contributed by atoms with Crippen LogP contribution in [0.2, 0.25) is 0 Å². The molecule has 0 aliphatic carbocycles. The van der Waals surface area contributed by atoms with Gasteiger partial charge in [-0.25, -0.2) is 9.36 Å². The Labute approximate surface area is 108 Å². The predicted octanol–water partition coefficient (Wildman–Crippen LogP) is 1.97. The van der Waals surface area contributed by atoms with Crippen molar-refractivity contribution < 1.29 is 0 Å². The van der Waals surface area contributed by atoms with E-state index in [1.807, 2.05) is 30.3 Å². The topological polar surface area (TPSA) is 31.9 Å². The first-order valence-electron chi connectivity index (χ1n) is 4.98. The van der Waals surface area contributed by atoms with Crippen molar-refractivity contribution in [3.05, 3.63) is 50.4 Å². The maximum atomic E-state index is 12.1. The Hall–Kier alpha value is -1.53. The van der Waals surface area contributed by atoms with Crippen LogP contribution in [0.4, 0.5) is 0 Å². The second-order valence-corrected chi connectivity index (χ2v) is 4.37. The quantitative estimate of drug-likeness (QED) is 0.739. The zero-order valence-electron chi connectivity index (χ0n) is 9.45. The van der Waals surface area contributed by atoms with Crippen molar-refractivity contribution in [3.8, 4) is 5.69 Å². The number of hydrogen-bond acceptors (Lipinski definition) is 3. The molecule has 2 rings (SSSR count). The van der Waals surface area contributed by atoms with Crippen LogP contribution in [-0.2, 0) is 14.1 Å². The molecule has 0 spiro atoms. The lowest BCUT2D eigenvalue weighted by molar-refractivity contribution is 0.621. The maximum absolute atomic E-state index is 12.1. The third-order valence-electron chi connectivity index (χ3n) is 2.54. The minimum atomic E-state index is -0.232. The fourth-order valence-corrected chi connectivity index (χ4v) is 2.06. The van der Waals surface area contributed by atoms with E-state index < -0.39 is 0 Å². The van der Waals surface area contributed by atoms with Gasteiger partial charge in [0, 0.05) is 14.1 Å². The van der Waals surface area contributed by atoms with Gasteiger partial charge in [0.15, 0.2) is 9.54 Å². The highest BCUT2D eigenvalue weighted by Gasteiger charge is 2.07. The third kappa shape index (κ3) is 1.89. The van der Waals surface area contributed by atoms with Gasteiger partial charge < -0.3 is 0 Å². The number of nitrogens with zero attached hydrogens (tertiary/aromatic N) is 3. The molecular weight excluding hydrogens is 254 g/mol. The lowest BCUT2D eigenvalue weighted by atomic mass is 10.3. The Balaban J connectivity index is 2.95. The Bertz CT molecular complexity index is 685. The smallest absolute Gasteiger partial charge is 0.298 e. The van der Waals surface area contributed by atoms with Crippen molar-refractivity contribution in [2.24, 2.45) is 14.1 Å². The highest BCUT2D eigenvalue weighted by molar-refractivity contribution is 7.72. The van der Waals surface area contributed by atoms with Gasteiger partial charge in [-0.1, -0.05) is 18.2 Å². The molecule has 0 saturated carbocycles. The molecule has 0 bridgehead atoms. The number of rotatable bonds is 1. The van der Waals surface area contributed by atoms with E-state index in [4.69, 9.17) is 24.4 Å². The molecule has 0 radical (unpaired) electrons. The van der Waals surface area contributed by atoms with Crippen LogP contribution in [0, 0.1) is 9.54 Å². The first-order chi connectivity index (χ1) is 8.04. The molecule has 88 valence electrons. The molecule has 1 aromatic heterocycles. The van der Waals surface area contributed by atoms with Gasteiger partial charge in [0.25, 0.3) is 0 Å². The van der Waals surface area contributed by atoms with Gasteiger partial charge in [-0.3, -0.25) is 9.13 Å². The van der Waals surface area contributed by atoms with Gasteiger partial charge in [-0.05, 0) is 36.6 Å².